The number of fused-ring (bicyclic) bond motifs is 1. The minimum absolute atomic E-state index is 0.224. The van der Waals surface area contributed by atoms with Crippen LogP contribution in [0.25, 0.3) is 10.9 Å². The first kappa shape index (κ1) is 15.2. The third-order valence-electron chi connectivity index (χ3n) is 4.09. The quantitative estimate of drug-likeness (QED) is 0.589. The van der Waals surface area contributed by atoms with E-state index in [2.05, 4.69) is 5.32 Å². The number of amides is 1. The van der Waals surface area contributed by atoms with Gasteiger partial charge in [-0.15, -0.1) is 0 Å². The molecule has 0 aliphatic heterocycles. The predicted octanol–water partition coefficient (Wildman–Crippen LogP) is 4.67. The van der Waals surface area contributed by atoms with Crippen LogP contribution in [0.4, 0.5) is 10.1 Å². The molecule has 0 aliphatic rings. The average molecular weight is 334 g/mol. The van der Waals surface area contributed by atoms with Gasteiger partial charge in [0.25, 0.3) is 5.91 Å². The number of nitrogens with one attached hydrogen (secondary N) is 1. The van der Waals surface area contributed by atoms with Gasteiger partial charge in [-0.1, -0.05) is 30.3 Å². The van der Waals surface area contributed by atoms with Crippen LogP contribution < -0.4 is 5.32 Å². The Hall–Kier alpha value is -3.34. The van der Waals surface area contributed by atoms with Crippen LogP contribution in [0.3, 0.4) is 0 Å². The Balaban J connectivity index is 1.68. The van der Waals surface area contributed by atoms with Crippen molar-refractivity contribution in [2.24, 2.45) is 0 Å². The van der Waals surface area contributed by atoms with Gasteiger partial charge in [-0.25, -0.2) is 4.39 Å². The Morgan fingerprint density at radius 2 is 1.88 bits per heavy atom. The van der Waals surface area contributed by atoms with E-state index >= 15 is 0 Å². The molecule has 2 heterocycles. The predicted molar refractivity (Wildman–Crippen MR) is 94.1 cm³/mol. The van der Waals surface area contributed by atoms with Crippen LogP contribution >= 0.6 is 0 Å². The second-order valence-electron chi connectivity index (χ2n) is 5.78. The average Bonchev–Trinajstić information content (AvgIpc) is 3.27. The summed E-state index contributed by atoms with van der Waals surface area (Å²) in [6, 6.07) is 15.9. The van der Waals surface area contributed by atoms with Gasteiger partial charge in [-0.2, -0.15) is 0 Å². The summed E-state index contributed by atoms with van der Waals surface area (Å²) >= 11 is 0. The van der Waals surface area contributed by atoms with Crippen LogP contribution in [-0.2, 0) is 6.54 Å². The fraction of sp³-hybridized carbons (Fsp3) is 0.0500. The molecule has 0 fully saturated rings. The van der Waals surface area contributed by atoms with Gasteiger partial charge in [-0.05, 0) is 29.8 Å². The summed E-state index contributed by atoms with van der Waals surface area (Å²) in [7, 11) is 0. The van der Waals surface area contributed by atoms with Gasteiger partial charge in [-0.3, -0.25) is 4.79 Å². The largest absolute Gasteiger partial charge is 0.472 e. The number of furan rings is 1. The number of nitrogens with zero attached hydrogens (tertiary/aromatic N) is 1. The van der Waals surface area contributed by atoms with Crippen LogP contribution in [0.5, 0.6) is 0 Å². The first-order valence-electron chi connectivity index (χ1n) is 7.86. The Morgan fingerprint density at radius 3 is 2.64 bits per heavy atom. The van der Waals surface area contributed by atoms with Crippen LogP contribution in [0.1, 0.15) is 15.9 Å². The number of rotatable bonds is 4. The number of para-hydroxylation sites is 1. The van der Waals surface area contributed by atoms with Crippen molar-refractivity contribution in [3.63, 3.8) is 0 Å². The molecular formula is C20H15FN2O2. The molecule has 0 saturated heterocycles. The SMILES string of the molecule is O=C(Nc1cn(Cc2ccc(F)cc2)c2ccccc12)c1ccoc1. The molecule has 0 atom stereocenters. The number of halogens is 1. The second-order valence-corrected chi connectivity index (χ2v) is 5.78. The van der Waals surface area contributed by atoms with E-state index in [1.54, 1.807) is 18.2 Å². The summed E-state index contributed by atoms with van der Waals surface area (Å²) in [5.74, 6) is -0.479. The molecule has 2 aromatic carbocycles. The lowest BCUT2D eigenvalue weighted by Crippen LogP contribution is -2.10. The van der Waals surface area contributed by atoms with Crippen molar-refractivity contribution in [3.8, 4) is 0 Å². The molecular weight excluding hydrogens is 319 g/mol. The minimum atomic E-state index is -0.255. The minimum Gasteiger partial charge on any atom is -0.472 e. The molecule has 0 saturated carbocycles. The van der Waals surface area contributed by atoms with Crippen LogP contribution in [-0.4, -0.2) is 10.5 Å². The number of hydrogen-bond donors (Lipinski definition) is 1. The van der Waals surface area contributed by atoms with Gasteiger partial charge in [0, 0.05) is 18.1 Å². The molecule has 2 aromatic heterocycles. The molecule has 0 spiro atoms. The van der Waals surface area contributed by atoms with Gasteiger partial charge >= 0.3 is 0 Å². The zero-order chi connectivity index (χ0) is 17.2. The molecule has 5 heteroatoms. The van der Waals surface area contributed by atoms with Gasteiger partial charge in [0.05, 0.1) is 23.0 Å². The maximum absolute atomic E-state index is 13.1. The first-order chi connectivity index (χ1) is 12.2. The second kappa shape index (κ2) is 6.28. The molecule has 4 nitrogen and oxygen atoms in total. The lowest BCUT2D eigenvalue weighted by molar-refractivity contribution is 0.102. The fourth-order valence-electron chi connectivity index (χ4n) is 2.85. The van der Waals surface area contributed by atoms with Crippen molar-refractivity contribution < 1.29 is 13.6 Å². The Kier molecular flexibility index (Phi) is 3.82. The highest BCUT2D eigenvalue weighted by atomic mass is 19.1. The number of carbonyl (C=O) groups excluding carboxylic acids is 1. The lowest BCUT2D eigenvalue weighted by Gasteiger charge is -2.05. The van der Waals surface area contributed by atoms with Crippen LogP contribution in [0.15, 0.2) is 77.7 Å². The molecule has 1 N–H and O–H groups in total. The maximum Gasteiger partial charge on any atom is 0.258 e. The van der Waals surface area contributed by atoms with E-state index in [1.165, 1.54) is 24.7 Å². The topological polar surface area (TPSA) is 47.2 Å². The molecule has 124 valence electrons. The third-order valence-corrected chi connectivity index (χ3v) is 4.09. The molecule has 0 aliphatic carbocycles. The normalized spacial score (nSPS) is 10.9. The summed E-state index contributed by atoms with van der Waals surface area (Å²) in [5, 5.41) is 3.87. The third kappa shape index (κ3) is 3.04. The lowest BCUT2D eigenvalue weighted by atomic mass is 10.2. The van der Waals surface area contributed by atoms with Gasteiger partial charge in [0.2, 0.25) is 0 Å². The van der Waals surface area contributed by atoms with E-state index in [4.69, 9.17) is 4.42 Å². The number of hydrogen-bond acceptors (Lipinski definition) is 2. The standard InChI is InChI=1S/C20H15FN2O2/c21-16-7-5-14(6-8-16)11-23-12-18(17-3-1-2-4-19(17)23)22-20(24)15-9-10-25-13-15/h1-10,12-13H,11H2,(H,22,24). The van der Waals surface area contributed by atoms with E-state index in [1.807, 2.05) is 35.0 Å². The molecule has 25 heavy (non-hydrogen) atoms. The molecule has 0 radical (unpaired) electrons. The number of carbonyl (C=O) groups is 1. The Bertz CT molecular complexity index is 1020. The van der Waals surface area contributed by atoms with E-state index in [9.17, 15) is 9.18 Å². The van der Waals surface area contributed by atoms with Gasteiger partial charge in [0.15, 0.2) is 0 Å². The highest BCUT2D eigenvalue weighted by Gasteiger charge is 2.13. The number of anilines is 1. The molecule has 0 unspecified atom stereocenters. The van der Waals surface area contributed by atoms with E-state index in [-0.39, 0.29) is 11.7 Å². The highest BCUT2D eigenvalue weighted by molar-refractivity contribution is 6.08. The van der Waals surface area contributed by atoms with Crippen LogP contribution in [0, 0.1) is 5.82 Å². The monoisotopic (exact) mass is 334 g/mol. The summed E-state index contributed by atoms with van der Waals surface area (Å²) in [6.45, 7) is 0.586. The molecule has 1 amide bonds. The van der Waals surface area contributed by atoms with E-state index in [0.717, 1.165) is 22.2 Å². The Morgan fingerprint density at radius 1 is 1.08 bits per heavy atom. The van der Waals surface area contributed by atoms with E-state index < -0.39 is 0 Å². The van der Waals surface area contributed by atoms with Crippen LogP contribution in [0.2, 0.25) is 0 Å². The molecule has 0 bridgehead atoms. The van der Waals surface area contributed by atoms with Crippen molar-refractivity contribution >= 4 is 22.5 Å². The molecule has 4 rings (SSSR count). The summed E-state index contributed by atoms with van der Waals surface area (Å²) in [5.41, 5.74) is 3.17. The fourth-order valence-corrected chi connectivity index (χ4v) is 2.85. The summed E-state index contributed by atoms with van der Waals surface area (Å²) < 4.78 is 20.1. The zero-order valence-electron chi connectivity index (χ0n) is 13.3. The summed E-state index contributed by atoms with van der Waals surface area (Å²) in [6.07, 6.45) is 4.77. The summed E-state index contributed by atoms with van der Waals surface area (Å²) in [4.78, 5) is 12.3. The Labute approximate surface area is 143 Å². The van der Waals surface area contributed by atoms with E-state index in [0.29, 0.717) is 12.1 Å². The van der Waals surface area contributed by atoms with Crippen molar-refractivity contribution in [1.82, 2.24) is 4.57 Å². The smallest absolute Gasteiger partial charge is 0.258 e. The van der Waals surface area contributed by atoms with Gasteiger partial charge in [0.1, 0.15) is 12.1 Å². The van der Waals surface area contributed by atoms with Gasteiger partial charge < -0.3 is 14.3 Å². The number of benzene rings is 2. The first-order valence-corrected chi connectivity index (χ1v) is 7.86. The van der Waals surface area contributed by atoms with Crippen molar-refractivity contribution in [1.29, 1.82) is 0 Å². The number of aromatic nitrogens is 1. The maximum atomic E-state index is 13.1. The zero-order valence-corrected chi connectivity index (χ0v) is 13.3. The van der Waals surface area contributed by atoms with Crippen molar-refractivity contribution in [2.75, 3.05) is 5.32 Å². The molecule has 4 aromatic rings. The van der Waals surface area contributed by atoms with Crippen molar-refractivity contribution in [3.05, 3.63) is 90.3 Å². The highest BCUT2D eigenvalue weighted by Crippen LogP contribution is 2.27. The van der Waals surface area contributed by atoms with Crippen molar-refractivity contribution in [2.45, 2.75) is 6.54 Å².